The number of nitrogens with two attached hydrogens (primary N) is 1. The lowest BCUT2D eigenvalue weighted by Gasteiger charge is -2.12. The smallest absolute Gasteiger partial charge is 0.258 e. The number of ether oxygens (including phenoxy) is 1. The number of benzene rings is 1. The van der Waals surface area contributed by atoms with Gasteiger partial charge in [-0.25, -0.2) is 4.39 Å². The highest BCUT2D eigenvalue weighted by Crippen LogP contribution is 2.16. The van der Waals surface area contributed by atoms with Crippen LogP contribution >= 0.6 is 12.2 Å². The van der Waals surface area contributed by atoms with Crippen LogP contribution in [0.2, 0.25) is 0 Å². The molecule has 0 aromatic heterocycles. The summed E-state index contributed by atoms with van der Waals surface area (Å²) in [5, 5.41) is 2.75. The van der Waals surface area contributed by atoms with Crippen LogP contribution in [-0.4, -0.2) is 23.5 Å². The summed E-state index contributed by atoms with van der Waals surface area (Å²) in [6, 6.07) is 4.20. The number of halogens is 1. The van der Waals surface area contributed by atoms with E-state index < -0.39 is 5.82 Å². The summed E-state index contributed by atoms with van der Waals surface area (Å²) >= 11 is 4.69. The number of nitrogens with one attached hydrogen (secondary N) is 1. The molecule has 1 amide bonds. The predicted octanol–water partition coefficient (Wildman–Crippen LogP) is 1.75. The van der Waals surface area contributed by atoms with Crippen LogP contribution in [0.3, 0.4) is 0 Å². The summed E-state index contributed by atoms with van der Waals surface area (Å²) in [6.07, 6.45) is 0.836. The van der Waals surface area contributed by atoms with Crippen LogP contribution in [0.4, 0.5) is 4.39 Å². The normalized spacial score (nSPS) is 11.7. The fourth-order valence-corrected chi connectivity index (χ4v) is 1.52. The zero-order valence-electron chi connectivity index (χ0n) is 10.9. The molecular formula is C13H17FN2O2S. The monoisotopic (exact) mass is 284 g/mol. The van der Waals surface area contributed by atoms with Crippen molar-refractivity contribution in [2.75, 3.05) is 6.61 Å². The Hall–Kier alpha value is -1.69. The topological polar surface area (TPSA) is 64.3 Å². The first-order valence-corrected chi connectivity index (χ1v) is 6.36. The van der Waals surface area contributed by atoms with Crippen molar-refractivity contribution in [2.24, 2.45) is 5.73 Å². The number of amides is 1. The Balaban J connectivity index is 2.57. The third kappa shape index (κ3) is 4.82. The van der Waals surface area contributed by atoms with Gasteiger partial charge in [-0.3, -0.25) is 4.79 Å². The number of rotatable bonds is 6. The predicted molar refractivity (Wildman–Crippen MR) is 75.7 cm³/mol. The summed E-state index contributed by atoms with van der Waals surface area (Å²) in [6.45, 7) is 3.71. The molecule has 0 spiro atoms. The molecule has 1 rings (SSSR count). The SMILES string of the molecule is CCC(C)NC(=O)COc1ccc(C(N)=S)c(F)c1. The standard InChI is InChI=1S/C13H17FN2O2S/c1-3-8(2)16-12(17)7-18-9-4-5-10(13(15)19)11(14)6-9/h4-6,8H,3,7H2,1-2H3,(H2,15,19)(H,16,17). The highest BCUT2D eigenvalue weighted by atomic mass is 32.1. The van der Waals surface area contributed by atoms with E-state index in [2.05, 4.69) is 5.32 Å². The van der Waals surface area contributed by atoms with E-state index in [0.717, 1.165) is 12.5 Å². The quantitative estimate of drug-likeness (QED) is 0.781. The van der Waals surface area contributed by atoms with Gasteiger partial charge in [0.25, 0.3) is 5.91 Å². The lowest BCUT2D eigenvalue weighted by atomic mass is 10.2. The van der Waals surface area contributed by atoms with Crippen molar-refractivity contribution in [2.45, 2.75) is 26.3 Å². The van der Waals surface area contributed by atoms with Crippen molar-refractivity contribution in [3.63, 3.8) is 0 Å². The lowest BCUT2D eigenvalue weighted by Crippen LogP contribution is -2.35. The molecule has 0 saturated heterocycles. The number of carbonyl (C=O) groups is 1. The van der Waals surface area contributed by atoms with Crippen LogP contribution in [0.25, 0.3) is 0 Å². The molecule has 0 bridgehead atoms. The highest BCUT2D eigenvalue weighted by Gasteiger charge is 2.09. The van der Waals surface area contributed by atoms with Crippen molar-refractivity contribution < 1.29 is 13.9 Å². The van der Waals surface area contributed by atoms with E-state index in [1.165, 1.54) is 12.1 Å². The summed E-state index contributed by atoms with van der Waals surface area (Å²) < 4.78 is 18.7. The van der Waals surface area contributed by atoms with Gasteiger partial charge in [0.2, 0.25) is 0 Å². The minimum Gasteiger partial charge on any atom is -0.484 e. The maximum Gasteiger partial charge on any atom is 0.258 e. The molecule has 0 aliphatic carbocycles. The Bertz CT molecular complexity index is 480. The zero-order valence-corrected chi connectivity index (χ0v) is 11.7. The molecule has 0 saturated carbocycles. The minimum absolute atomic E-state index is 0.0152. The van der Waals surface area contributed by atoms with Crippen LogP contribution in [0, 0.1) is 5.82 Å². The molecule has 0 radical (unpaired) electrons. The molecule has 1 atom stereocenters. The average molecular weight is 284 g/mol. The summed E-state index contributed by atoms with van der Waals surface area (Å²) in [4.78, 5) is 11.5. The van der Waals surface area contributed by atoms with E-state index in [1.807, 2.05) is 13.8 Å². The maximum absolute atomic E-state index is 13.5. The molecule has 19 heavy (non-hydrogen) atoms. The zero-order chi connectivity index (χ0) is 14.4. The van der Waals surface area contributed by atoms with Crippen LogP contribution in [-0.2, 0) is 4.79 Å². The van der Waals surface area contributed by atoms with Crippen LogP contribution in [0.1, 0.15) is 25.8 Å². The number of hydrogen-bond donors (Lipinski definition) is 2. The molecule has 0 aliphatic rings. The van der Waals surface area contributed by atoms with E-state index in [-0.39, 0.29) is 34.9 Å². The van der Waals surface area contributed by atoms with Gasteiger partial charge in [-0.15, -0.1) is 0 Å². The highest BCUT2D eigenvalue weighted by molar-refractivity contribution is 7.80. The van der Waals surface area contributed by atoms with Gasteiger partial charge >= 0.3 is 0 Å². The molecule has 104 valence electrons. The van der Waals surface area contributed by atoms with Gasteiger partial charge in [0, 0.05) is 17.7 Å². The molecule has 3 N–H and O–H groups in total. The van der Waals surface area contributed by atoms with Crippen LogP contribution in [0.5, 0.6) is 5.75 Å². The van der Waals surface area contributed by atoms with Gasteiger partial charge in [0.1, 0.15) is 16.6 Å². The summed E-state index contributed by atoms with van der Waals surface area (Å²) in [5.41, 5.74) is 5.50. The first-order chi connectivity index (χ1) is 8.93. The number of hydrogen-bond acceptors (Lipinski definition) is 3. The second-order valence-electron chi connectivity index (χ2n) is 4.17. The molecule has 0 heterocycles. The summed E-state index contributed by atoms with van der Waals surface area (Å²) in [5.74, 6) is -0.544. The molecule has 4 nitrogen and oxygen atoms in total. The molecule has 1 unspecified atom stereocenters. The fraction of sp³-hybridized carbons (Fsp3) is 0.385. The van der Waals surface area contributed by atoms with Crippen LogP contribution in [0.15, 0.2) is 18.2 Å². The third-order valence-electron chi connectivity index (χ3n) is 2.60. The van der Waals surface area contributed by atoms with Gasteiger partial charge in [-0.1, -0.05) is 19.1 Å². The van der Waals surface area contributed by atoms with E-state index in [9.17, 15) is 9.18 Å². The summed E-state index contributed by atoms with van der Waals surface area (Å²) in [7, 11) is 0. The molecular weight excluding hydrogens is 267 g/mol. The molecule has 1 aromatic carbocycles. The van der Waals surface area contributed by atoms with Crippen molar-refractivity contribution in [3.8, 4) is 5.75 Å². The first-order valence-electron chi connectivity index (χ1n) is 5.95. The first kappa shape index (κ1) is 15.4. The molecule has 1 aromatic rings. The Morgan fingerprint density at radius 1 is 1.58 bits per heavy atom. The van der Waals surface area contributed by atoms with Gasteiger partial charge in [0.05, 0.1) is 0 Å². The van der Waals surface area contributed by atoms with Crippen molar-refractivity contribution in [3.05, 3.63) is 29.6 Å². The Morgan fingerprint density at radius 2 is 2.26 bits per heavy atom. The van der Waals surface area contributed by atoms with E-state index in [1.54, 1.807) is 0 Å². The van der Waals surface area contributed by atoms with E-state index in [0.29, 0.717) is 0 Å². The Kier molecular flexibility index (Phi) is 5.69. The average Bonchev–Trinajstić information content (AvgIpc) is 2.35. The van der Waals surface area contributed by atoms with E-state index in [4.69, 9.17) is 22.7 Å². The Morgan fingerprint density at radius 3 is 2.79 bits per heavy atom. The molecule has 0 aliphatic heterocycles. The van der Waals surface area contributed by atoms with Crippen molar-refractivity contribution >= 4 is 23.1 Å². The maximum atomic E-state index is 13.5. The van der Waals surface area contributed by atoms with Crippen LogP contribution < -0.4 is 15.8 Å². The van der Waals surface area contributed by atoms with Crippen molar-refractivity contribution in [1.29, 1.82) is 0 Å². The minimum atomic E-state index is -0.563. The largest absolute Gasteiger partial charge is 0.484 e. The fourth-order valence-electron chi connectivity index (χ4n) is 1.35. The lowest BCUT2D eigenvalue weighted by molar-refractivity contribution is -0.123. The second kappa shape index (κ2) is 7.04. The number of carbonyl (C=O) groups excluding carboxylic acids is 1. The Labute approximate surface area is 117 Å². The van der Waals surface area contributed by atoms with Gasteiger partial charge < -0.3 is 15.8 Å². The molecule has 0 fully saturated rings. The van der Waals surface area contributed by atoms with Crippen molar-refractivity contribution in [1.82, 2.24) is 5.32 Å². The van der Waals surface area contributed by atoms with Gasteiger partial charge in [-0.05, 0) is 25.5 Å². The number of thiocarbonyl (C=S) groups is 1. The second-order valence-corrected chi connectivity index (χ2v) is 4.61. The van der Waals surface area contributed by atoms with Gasteiger partial charge in [-0.2, -0.15) is 0 Å². The third-order valence-corrected chi connectivity index (χ3v) is 2.82. The van der Waals surface area contributed by atoms with Gasteiger partial charge in [0.15, 0.2) is 6.61 Å². The van der Waals surface area contributed by atoms with E-state index >= 15 is 0 Å². The molecule has 6 heteroatoms.